The second kappa shape index (κ2) is 10.2. The van der Waals surface area contributed by atoms with Crippen molar-refractivity contribution in [2.45, 2.75) is 43.3 Å². The van der Waals surface area contributed by atoms with E-state index in [1.165, 1.54) is 29.8 Å². The third-order valence-electron chi connectivity index (χ3n) is 4.29. The topological polar surface area (TPSA) is 77.2 Å². The summed E-state index contributed by atoms with van der Waals surface area (Å²) in [4.78, 5) is 12.4. The highest BCUT2D eigenvalue weighted by Crippen LogP contribution is 2.26. The van der Waals surface area contributed by atoms with Crippen LogP contribution in [0.4, 0.5) is 14.5 Å². The third kappa shape index (κ3) is 6.28. The largest absolute Gasteiger partial charge is 0.435 e. The Morgan fingerprint density at radius 2 is 1.80 bits per heavy atom. The van der Waals surface area contributed by atoms with Gasteiger partial charge in [-0.15, -0.1) is 10.2 Å². The lowest BCUT2D eigenvalue weighted by molar-refractivity contribution is -0.115. The zero-order chi connectivity index (χ0) is 21.5. The van der Waals surface area contributed by atoms with E-state index in [1.54, 1.807) is 6.92 Å². The maximum Gasteiger partial charge on any atom is 0.387 e. The van der Waals surface area contributed by atoms with Gasteiger partial charge in [0, 0.05) is 12.1 Å². The maximum atomic E-state index is 12.4. The lowest BCUT2D eigenvalue weighted by Gasteiger charge is -2.11. The molecule has 9 heteroatoms. The Morgan fingerprint density at radius 3 is 2.47 bits per heavy atom. The lowest BCUT2D eigenvalue weighted by Crippen LogP contribution is -2.22. The Kier molecular flexibility index (Phi) is 7.40. The van der Waals surface area contributed by atoms with Crippen molar-refractivity contribution in [3.63, 3.8) is 0 Å². The van der Waals surface area contributed by atoms with Crippen LogP contribution in [0, 0.1) is 0 Å². The molecule has 1 aromatic heterocycles. The van der Waals surface area contributed by atoms with Crippen LogP contribution in [0.15, 0.2) is 64.2 Å². The Hall–Kier alpha value is -2.94. The van der Waals surface area contributed by atoms with E-state index in [0.29, 0.717) is 23.2 Å². The molecule has 30 heavy (non-hydrogen) atoms. The van der Waals surface area contributed by atoms with Crippen molar-refractivity contribution in [3.05, 3.63) is 66.1 Å². The predicted molar refractivity (Wildman–Crippen MR) is 110 cm³/mol. The van der Waals surface area contributed by atoms with Gasteiger partial charge in [-0.2, -0.15) is 8.78 Å². The zero-order valence-corrected chi connectivity index (χ0v) is 17.2. The monoisotopic (exact) mass is 433 g/mol. The second-order valence-electron chi connectivity index (χ2n) is 6.63. The molecule has 0 bridgehead atoms. The molecular weight excluding hydrogens is 412 g/mol. The first-order valence-corrected chi connectivity index (χ1v) is 10.2. The molecule has 0 saturated carbocycles. The smallest absolute Gasteiger partial charge is 0.387 e. The zero-order valence-electron chi connectivity index (χ0n) is 16.4. The molecule has 1 N–H and O–H groups in total. The summed E-state index contributed by atoms with van der Waals surface area (Å²) >= 11 is 1.15. The normalized spacial score (nSPS) is 13.1. The minimum Gasteiger partial charge on any atom is -0.435 e. The van der Waals surface area contributed by atoms with Crippen LogP contribution in [0.1, 0.15) is 31.2 Å². The molecule has 158 valence electrons. The van der Waals surface area contributed by atoms with Gasteiger partial charge in [-0.1, -0.05) is 49.0 Å². The quantitative estimate of drug-likeness (QED) is 0.471. The highest BCUT2D eigenvalue weighted by molar-refractivity contribution is 8.00. The molecule has 3 aromatic rings. The van der Waals surface area contributed by atoms with Crippen molar-refractivity contribution in [1.29, 1.82) is 0 Å². The number of hydrogen-bond acceptors (Lipinski definition) is 6. The molecule has 0 saturated heterocycles. The first-order valence-electron chi connectivity index (χ1n) is 9.30. The third-order valence-corrected chi connectivity index (χ3v) is 5.23. The van der Waals surface area contributed by atoms with Crippen molar-refractivity contribution < 1.29 is 22.7 Å². The van der Waals surface area contributed by atoms with Crippen molar-refractivity contribution in [3.8, 4) is 5.75 Å². The molecule has 1 amide bonds. The number of ether oxygens (including phenoxy) is 1. The highest BCUT2D eigenvalue weighted by atomic mass is 32.2. The predicted octanol–water partition coefficient (Wildman–Crippen LogP) is 5.14. The van der Waals surface area contributed by atoms with Gasteiger partial charge in [0.25, 0.3) is 5.22 Å². The summed E-state index contributed by atoms with van der Waals surface area (Å²) in [7, 11) is 0. The Balaban J connectivity index is 1.52. The first kappa shape index (κ1) is 21.8. The summed E-state index contributed by atoms with van der Waals surface area (Å²) < 4.78 is 34.3. The summed E-state index contributed by atoms with van der Waals surface area (Å²) in [6, 6.07) is 15.7. The Labute approximate surface area is 177 Å². The van der Waals surface area contributed by atoms with E-state index in [0.717, 1.165) is 11.8 Å². The standard InChI is InChI=1S/C21H21F2N3O3S/c1-13(15-6-4-3-5-7-15)12-18-25-26-21(29-18)30-14(2)19(27)24-16-8-10-17(11-9-16)28-20(22)23/h3-11,13-14,20H,12H2,1-2H3,(H,24,27). The summed E-state index contributed by atoms with van der Waals surface area (Å²) in [5.74, 6) is 0.479. The molecule has 2 atom stereocenters. The number of amides is 1. The van der Waals surface area contributed by atoms with E-state index >= 15 is 0 Å². The van der Waals surface area contributed by atoms with Gasteiger partial charge < -0.3 is 14.5 Å². The van der Waals surface area contributed by atoms with Crippen LogP contribution in [-0.2, 0) is 11.2 Å². The second-order valence-corrected chi connectivity index (χ2v) is 7.92. The minimum atomic E-state index is -2.89. The number of halogens is 2. The molecule has 1 heterocycles. The molecule has 0 radical (unpaired) electrons. The van der Waals surface area contributed by atoms with Gasteiger partial charge in [-0.25, -0.2) is 0 Å². The van der Waals surface area contributed by atoms with E-state index in [-0.39, 0.29) is 17.6 Å². The van der Waals surface area contributed by atoms with Gasteiger partial charge in [0.2, 0.25) is 11.8 Å². The Bertz CT molecular complexity index is 952. The molecular formula is C21H21F2N3O3S. The number of rotatable bonds is 9. The van der Waals surface area contributed by atoms with E-state index in [1.807, 2.05) is 18.2 Å². The number of nitrogens with one attached hydrogen (secondary N) is 1. The summed E-state index contributed by atoms with van der Waals surface area (Å²) in [5.41, 5.74) is 1.65. The van der Waals surface area contributed by atoms with Crippen molar-refractivity contribution in [2.75, 3.05) is 5.32 Å². The molecule has 0 aliphatic rings. The number of alkyl halides is 2. The van der Waals surface area contributed by atoms with Gasteiger partial charge in [0.1, 0.15) is 5.75 Å². The van der Waals surface area contributed by atoms with Crippen LogP contribution in [0.3, 0.4) is 0 Å². The number of carbonyl (C=O) groups excluding carboxylic acids is 1. The van der Waals surface area contributed by atoms with Crippen molar-refractivity contribution >= 4 is 23.4 Å². The van der Waals surface area contributed by atoms with Crippen LogP contribution >= 0.6 is 11.8 Å². The lowest BCUT2D eigenvalue weighted by atomic mass is 9.98. The molecule has 3 rings (SSSR count). The van der Waals surface area contributed by atoms with Gasteiger partial charge in [-0.05, 0) is 42.7 Å². The number of anilines is 1. The molecule has 6 nitrogen and oxygen atoms in total. The fourth-order valence-corrected chi connectivity index (χ4v) is 3.40. The number of thioether (sulfide) groups is 1. The summed E-state index contributed by atoms with van der Waals surface area (Å²) in [6.07, 6.45) is 0.602. The minimum absolute atomic E-state index is 0.0218. The number of carbonyl (C=O) groups is 1. The molecule has 2 aromatic carbocycles. The van der Waals surface area contributed by atoms with E-state index in [4.69, 9.17) is 4.42 Å². The SMILES string of the molecule is CC(Sc1nnc(CC(C)c2ccccc2)o1)C(=O)Nc1ccc(OC(F)F)cc1. The van der Waals surface area contributed by atoms with Crippen molar-refractivity contribution in [2.24, 2.45) is 0 Å². The number of aromatic nitrogens is 2. The average Bonchev–Trinajstić information content (AvgIpc) is 3.16. The van der Waals surface area contributed by atoms with Gasteiger partial charge in [-0.3, -0.25) is 4.79 Å². The number of hydrogen-bond donors (Lipinski definition) is 1. The van der Waals surface area contributed by atoms with Crippen LogP contribution in [0.2, 0.25) is 0 Å². The van der Waals surface area contributed by atoms with Crippen LogP contribution in [-0.4, -0.2) is 28.0 Å². The molecule has 0 spiro atoms. The van der Waals surface area contributed by atoms with Gasteiger partial charge in [0.05, 0.1) is 5.25 Å². The highest BCUT2D eigenvalue weighted by Gasteiger charge is 2.19. The molecule has 0 fully saturated rings. The number of benzene rings is 2. The van der Waals surface area contributed by atoms with Gasteiger partial charge in [0.15, 0.2) is 0 Å². The van der Waals surface area contributed by atoms with Crippen LogP contribution < -0.4 is 10.1 Å². The van der Waals surface area contributed by atoms with E-state index in [2.05, 4.69) is 39.3 Å². The average molecular weight is 433 g/mol. The fourth-order valence-electron chi connectivity index (χ4n) is 2.70. The van der Waals surface area contributed by atoms with Crippen molar-refractivity contribution in [1.82, 2.24) is 10.2 Å². The number of nitrogens with zero attached hydrogens (tertiary/aromatic N) is 2. The summed E-state index contributed by atoms with van der Waals surface area (Å²) in [6.45, 7) is 0.905. The van der Waals surface area contributed by atoms with Gasteiger partial charge >= 0.3 is 6.61 Å². The van der Waals surface area contributed by atoms with Crippen LogP contribution in [0.25, 0.3) is 0 Å². The summed E-state index contributed by atoms with van der Waals surface area (Å²) in [5, 5.41) is 10.6. The van der Waals surface area contributed by atoms with E-state index < -0.39 is 11.9 Å². The fraction of sp³-hybridized carbons (Fsp3) is 0.286. The van der Waals surface area contributed by atoms with E-state index in [9.17, 15) is 13.6 Å². The molecule has 0 aliphatic heterocycles. The first-order chi connectivity index (χ1) is 14.4. The maximum absolute atomic E-state index is 12.4. The molecule has 0 aliphatic carbocycles. The Morgan fingerprint density at radius 1 is 1.10 bits per heavy atom. The van der Waals surface area contributed by atoms with Crippen LogP contribution in [0.5, 0.6) is 5.75 Å². The molecule has 2 unspecified atom stereocenters.